The lowest BCUT2D eigenvalue weighted by Crippen LogP contribution is -2.60. The average molecular weight is 471 g/mol. The second-order valence-corrected chi connectivity index (χ2v) is 10.2. The van der Waals surface area contributed by atoms with Crippen LogP contribution < -0.4 is 10.6 Å². The van der Waals surface area contributed by atoms with Gasteiger partial charge in [-0.25, -0.2) is 15.0 Å². The third-order valence-corrected chi connectivity index (χ3v) is 7.63. The van der Waals surface area contributed by atoms with Crippen molar-refractivity contribution < 1.29 is 4.42 Å². The molecule has 0 radical (unpaired) electrons. The van der Waals surface area contributed by atoms with Gasteiger partial charge in [-0.05, 0) is 68.6 Å². The number of nitrogens with two attached hydrogens (primary N) is 1. The molecule has 0 bridgehead atoms. The summed E-state index contributed by atoms with van der Waals surface area (Å²) >= 11 is 0. The molecule has 0 unspecified atom stereocenters. The van der Waals surface area contributed by atoms with Crippen LogP contribution in [0.2, 0.25) is 0 Å². The molecule has 7 rings (SSSR count). The van der Waals surface area contributed by atoms with Gasteiger partial charge >= 0.3 is 0 Å². The maximum atomic E-state index is 5.69. The third-order valence-electron chi connectivity index (χ3n) is 7.63. The van der Waals surface area contributed by atoms with Gasteiger partial charge in [0, 0.05) is 44.3 Å². The summed E-state index contributed by atoms with van der Waals surface area (Å²) in [5.41, 5.74) is 10.3. The quantitative estimate of drug-likeness (QED) is 0.472. The number of nitrogen functional groups attached to an aromatic ring is 1. The lowest BCUT2D eigenvalue weighted by molar-refractivity contribution is 0.168. The second kappa shape index (κ2) is 8.42. The summed E-state index contributed by atoms with van der Waals surface area (Å²) in [5.74, 6) is 1.88. The van der Waals surface area contributed by atoms with Crippen LogP contribution in [-0.4, -0.2) is 81.6 Å². The summed E-state index contributed by atoms with van der Waals surface area (Å²) < 4.78 is 5.38. The molecule has 1 aliphatic carbocycles. The van der Waals surface area contributed by atoms with Crippen LogP contribution in [0.5, 0.6) is 0 Å². The number of fused-ring (bicyclic) bond motifs is 2. The van der Waals surface area contributed by atoms with Gasteiger partial charge in [0.05, 0.1) is 11.9 Å². The second-order valence-electron chi connectivity index (χ2n) is 10.2. The van der Waals surface area contributed by atoms with Gasteiger partial charge in [0.1, 0.15) is 16.9 Å². The molecule has 35 heavy (non-hydrogen) atoms. The topological polar surface area (TPSA) is 100 Å². The monoisotopic (exact) mass is 470 g/mol. The summed E-state index contributed by atoms with van der Waals surface area (Å²) in [6.07, 6.45) is 6.03. The molecule has 3 fully saturated rings. The average Bonchev–Trinajstić information content (AvgIpc) is 3.61. The van der Waals surface area contributed by atoms with Gasteiger partial charge in [0.2, 0.25) is 0 Å². The zero-order chi connectivity index (χ0) is 23.4. The van der Waals surface area contributed by atoms with E-state index < -0.39 is 0 Å². The van der Waals surface area contributed by atoms with E-state index in [-0.39, 0.29) is 6.01 Å². The molecule has 0 amide bonds. The van der Waals surface area contributed by atoms with Crippen LogP contribution >= 0.6 is 0 Å². The van der Waals surface area contributed by atoms with Crippen LogP contribution in [0.4, 0.5) is 11.8 Å². The molecule has 2 aliphatic heterocycles. The van der Waals surface area contributed by atoms with Crippen LogP contribution in [0, 0.1) is 5.92 Å². The highest BCUT2D eigenvalue weighted by Crippen LogP contribution is 2.31. The first-order chi connectivity index (χ1) is 17.2. The van der Waals surface area contributed by atoms with E-state index in [2.05, 4.69) is 24.7 Å². The number of rotatable bonds is 5. The lowest BCUT2D eigenvalue weighted by Gasteiger charge is -2.45. The highest BCUT2D eigenvalue weighted by atomic mass is 16.4. The maximum Gasteiger partial charge on any atom is 0.292 e. The van der Waals surface area contributed by atoms with Crippen molar-refractivity contribution in [2.45, 2.75) is 25.3 Å². The van der Waals surface area contributed by atoms with Gasteiger partial charge in [-0.2, -0.15) is 4.98 Å². The van der Waals surface area contributed by atoms with Gasteiger partial charge < -0.3 is 20.0 Å². The number of aromatic nitrogens is 4. The number of nitrogens with zero attached hydrogens (tertiary/aromatic N) is 7. The van der Waals surface area contributed by atoms with E-state index in [1.165, 1.54) is 52.0 Å². The van der Waals surface area contributed by atoms with Gasteiger partial charge in [-0.1, -0.05) is 0 Å². The van der Waals surface area contributed by atoms with Crippen molar-refractivity contribution in [1.82, 2.24) is 29.7 Å². The third kappa shape index (κ3) is 4.19. The highest BCUT2D eigenvalue weighted by molar-refractivity contribution is 5.82. The minimum atomic E-state index is 0.169. The first-order valence-corrected chi connectivity index (χ1v) is 12.7. The van der Waals surface area contributed by atoms with Crippen LogP contribution in [0.25, 0.3) is 33.5 Å². The fraction of sp³-hybridized carbons (Fsp3) is 0.462. The van der Waals surface area contributed by atoms with Crippen molar-refractivity contribution in [3.05, 3.63) is 36.5 Å². The molecule has 2 N–H and O–H groups in total. The molecule has 9 heteroatoms. The predicted octanol–water partition coefficient (Wildman–Crippen LogP) is 3.02. The lowest BCUT2D eigenvalue weighted by atomic mass is 10.1. The van der Waals surface area contributed by atoms with Crippen molar-refractivity contribution in [1.29, 1.82) is 0 Å². The van der Waals surface area contributed by atoms with E-state index in [0.29, 0.717) is 17.3 Å². The van der Waals surface area contributed by atoms with Crippen LogP contribution in [-0.2, 0) is 0 Å². The highest BCUT2D eigenvalue weighted by Gasteiger charge is 2.34. The summed E-state index contributed by atoms with van der Waals surface area (Å²) in [5, 5.41) is 0. The standard InChI is InChI=1S/C26H30N8O/c27-26-30-22-12-18(4-7-23(22)35-26)20-5-6-21-25(29-20)31-24(13-28-21)34-15-19(16-34)33-9-1-8-32(10-11-33)14-17-2-3-17/h4-7,12-13,17,19H,1-3,8-11,14-16H2,(H2,27,30). The first kappa shape index (κ1) is 21.0. The van der Waals surface area contributed by atoms with Crippen LogP contribution in [0.1, 0.15) is 19.3 Å². The van der Waals surface area contributed by atoms with E-state index >= 15 is 0 Å². The zero-order valence-corrected chi connectivity index (χ0v) is 19.8. The van der Waals surface area contributed by atoms with Crippen molar-refractivity contribution >= 4 is 34.1 Å². The zero-order valence-electron chi connectivity index (χ0n) is 19.8. The Morgan fingerprint density at radius 3 is 2.74 bits per heavy atom. The van der Waals surface area contributed by atoms with E-state index in [1.54, 1.807) is 0 Å². The molecular weight excluding hydrogens is 440 g/mol. The summed E-state index contributed by atoms with van der Waals surface area (Å²) in [7, 11) is 0. The SMILES string of the molecule is Nc1nc2cc(-c3ccc4ncc(N5CC(N6CCCN(CC7CC7)CC6)C5)nc4n3)ccc2o1. The van der Waals surface area contributed by atoms with Gasteiger partial charge in [0.15, 0.2) is 11.2 Å². The Morgan fingerprint density at radius 1 is 0.943 bits per heavy atom. The Bertz CT molecular complexity index is 1380. The number of pyridine rings is 1. The molecule has 0 atom stereocenters. The normalized spacial score (nSPS) is 20.4. The van der Waals surface area contributed by atoms with Gasteiger partial charge in [-0.3, -0.25) is 4.90 Å². The van der Waals surface area contributed by atoms with Gasteiger partial charge in [-0.15, -0.1) is 0 Å². The Hall–Kier alpha value is -3.30. The minimum absolute atomic E-state index is 0.169. The number of benzene rings is 1. The molecule has 9 nitrogen and oxygen atoms in total. The smallest absolute Gasteiger partial charge is 0.292 e. The first-order valence-electron chi connectivity index (χ1n) is 12.7. The summed E-state index contributed by atoms with van der Waals surface area (Å²) in [4.78, 5) is 26.2. The van der Waals surface area contributed by atoms with Crippen LogP contribution in [0.3, 0.4) is 0 Å². The molecule has 4 aromatic rings. The van der Waals surface area contributed by atoms with E-state index in [0.717, 1.165) is 47.1 Å². The Kier molecular flexibility index (Phi) is 5.06. The van der Waals surface area contributed by atoms with E-state index in [1.807, 2.05) is 36.5 Å². The molecule has 1 aromatic carbocycles. The number of oxazole rings is 1. The summed E-state index contributed by atoms with van der Waals surface area (Å²) in [6.45, 7) is 8.18. The molecule has 5 heterocycles. The molecule has 3 aromatic heterocycles. The Balaban J connectivity index is 1.05. The van der Waals surface area contributed by atoms with Gasteiger partial charge in [0.25, 0.3) is 6.01 Å². The minimum Gasteiger partial charge on any atom is -0.424 e. The van der Waals surface area contributed by atoms with Crippen LogP contribution in [0.15, 0.2) is 40.9 Å². The fourth-order valence-corrected chi connectivity index (χ4v) is 5.38. The summed E-state index contributed by atoms with van der Waals surface area (Å²) in [6, 6.07) is 10.5. The van der Waals surface area contributed by atoms with Crippen molar-refractivity contribution in [3.8, 4) is 11.3 Å². The number of hydrogen-bond acceptors (Lipinski definition) is 9. The molecule has 3 aliphatic rings. The van der Waals surface area contributed by atoms with Crippen molar-refractivity contribution in [2.75, 3.05) is 56.4 Å². The number of hydrogen-bond donors (Lipinski definition) is 1. The van der Waals surface area contributed by atoms with Crippen molar-refractivity contribution in [2.24, 2.45) is 5.92 Å². The molecular formula is C26H30N8O. The molecule has 180 valence electrons. The Labute approximate surface area is 204 Å². The fourth-order valence-electron chi connectivity index (χ4n) is 5.38. The van der Waals surface area contributed by atoms with Crippen molar-refractivity contribution in [3.63, 3.8) is 0 Å². The van der Waals surface area contributed by atoms with E-state index in [4.69, 9.17) is 20.1 Å². The molecule has 0 spiro atoms. The number of anilines is 2. The largest absolute Gasteiger partial charge is 0.424 e. The maximum absolute atomic E-state index is 5.69. The molecule has 1 saturated carbocycles. The Morgan fingerprint density at radius 2 is 1.86 bits per heavy atom. The van der Waals surface area contributed by atoms with E-state index in [9.17, 15) is 0 Å². The molecule has 2 saturated heterocycles. The predicted molar refractivity (Wildman–Crippen MR) is 136 cm³/mol.